The quantitative estimate of drug-likeness (QED) is 0.360. The van der Waals surface area contributed by atoms with Crippen molar-refractivity contribution in [3.8, 4) is 34.3 Å². The fourth-order valence-corrected chi connectivity index (χ4v) is 4.01. The van der Waals surface area contributed by atoms with Gasteiger partial charge < -0.3 is 9.15 Å². The van der Waals surface area contributed by atoms with Crippen LogP contribution in [0.2, 0.25) is 0 Å². The molecule has 2 aromatic carbocycles. The van der Waals surface area contributed by atoms with Gasteiger partial charge in [0.05, 0.1) is 23.7 Å². The van der Waals surface area contributed by atoms with E-state index in [1.807, 2.05) is 54.7 Å². The third-order valence-corrected chi connectivity index (χ3v) is 5.82. The predicted octanol–water partition coefficient (Wildman–Crippen LogP) is 5.65. The summed E-state index contributed by atoms with van der Waals surface area (Å²) in [5, 5.41) is 17.0. The van der Waals surface area contributed by atoms with Gasteiger partial charge in [-0.3, -0.25) is 0 Å². The number of rotatable bonds is 8. The lowest BCUT2D eigenvalue weighted by Gasteiger charge is -2.13. The van der Waals surface area contributed by atoms with Crippen molar-refractivity contribution in [2.75, 3.05) is 0 Å². The van der Waals surface area contributed by atoms with E-state index in [0.29, 0.717) is 17.9 Å². The van der Waals surface area contributed by atoms with Gasteiger partial charge in [-0.15, -0.1) is 15.3 Å². The van der Waals surface area contributed by atoms with Crippen LogP contribution < -0.4 is 4.74 Å². The van der Waals surface area contributed by atoms with Crippen molar-refractivity contribution in [3.05, 3.63) is 60.4 Å². The molecular weight excluding hydrogens is 402 g/mol. The number of benzene rings is 2. The third kappa shape index (κ3) is 4.56. The molecule has 1 fully saturated rings. The Morgan fingerprint density at radius 2 is 1.75 bits per heavy atom. The van der Waals surface area contributed by atoms with Crippen LogP contribution >= 0.6 is 0 Å². The van der Waals surface area contributed by atoms with Crippen molar-refractivity contribution in [2.24, 2.45) is 0 Å². The number of aromatic nitrogens is 5. The molecule has 164 valence electrons. The Morgan fingerprint density at radius 1 is 0.969 bits per heavy atom. The maximum Gasteiger partial charge on any atom is 0.248 e. The van der Waals surface area contributed by atoms with Gasteiger partial charge in [-0.25, -0.2) is 4.68 Å². The van der Waals surface area contributed by atoms with Crippen LogP contribution in [-0.2, 0) is 6.42 Å². The summed E-state index contributed by atoms with van der Waals surface area (Å²) in [6, 6.07) is 15.8. The van der Waals surface area contributed by atoms with Crippen LogP contribution in [0.5, 0.6) is 5.75 Å². The second-order valence-electron chi connectivity index (χ2n) is 8.27. The number of hydrogen-bond donors (Lipinski definition) is 0. The summed E-state index contributed by atoms with van der Waals surface area (Å²) < 4.78 is 13.9. The molecule has 7 nitrogen and oxygen atoms in total. The van der Waals surface area contributed by atoms with E-state index in [-0.39, 0.29) is 0 Å². The smallest absolute Gasteiger partial charge is 0.248 e. The normalized spacial score (nSPS) is 14.2. The Balaban J connectivity index is 1.30. The predicted molar refractivity (Wildman–Crippen MR) is 122 cm³/mol. The van der Waals surface area contributed by atoms with Crippen LogP contribution in [0.25, 0.3) is 28.6 Å². The summed E-state index contributed by atoms with van der Waals surface area (Å²) in [4.78, 5) is 0. The molecule has 0 bridgehead atoms. The van der Waals surface area contributed by atoms with Crippen LogP contribution in [0.1, 0.15) is 51.1 Å². The number of aryl methyl sites for hydroxylation is 1. The Hall–Kier alpha value is -3.48. The van der Waals surface area contributed by atoms with Crippen molar-refractivity contribution in [3.63, 3.8) is 0 Å². The van der Waals surface area contributed by atoms with E-state index in [9.17, 15) is 0 Å². The highest BCUT2D eigenvalue weighted by Gasteiger charge is 2.17. The highest BCUT2D eigenvalue weighted by Crippen LogP contribution is 2.29. The minimum absolute atomic E-state index is 0.315. The molecule has 0 atom stereocenters. The Kier molecular flexibility index (Phi) is 5.96. The molecule has 7 heteroatoms. The Morgan fingerprint density at radius 3 is 2.53 bits per heavy atom. The van der Waals surface area contributed by atoms with Crippen molar-refractivity contribution in [1.29, 1.82) is 0 Å². The molecule has 0 N–H and O–H groups in total. The number of unbranched alkanes of at least 4 members (excludes halogenated alkanes) is 1. The number of nitrogens with zero attached hydrogens (tertiary/aromatic N) is 5. The number of hydrogen-bond acceptors (Lipinski definition) is 6. The van der Waals surface area contributed by atoms with Gasteiger partial charge in [-0.1, -0.05) is 24.6 Å². The topological polar surface area (TPSA) is 78.9 Å². The molecule has 1 aliphatic carbocycles. The standard InChI is InChI=1S/C25H27N5O2/c1-2-3-8-20-17-30(29-26-20)21-14-12-18(13-15-21)24-27-28-25(32-24)19-7-6-11-23(16-19)31-22-9-4-5-10-22/h6-7,11-17,22H,2-5,8-10H2,1H3. The fourth-order valence-electron chi connectivity index (χ4n) is 4.01. The third-order valence-electron chi connectivity index (χ3n) is 5.82. The molecule has 2 heterocycles. The van der Waals surface area contributed by atoms with E-state index in [0.717, 1.165) is 60.4 Å². The van der Waals surface area contributed by atoms with Crippen LogP contribution in [0.4, 0.5) is 0 Å². The average molecular weight is 430 g/mol. The first-order valence-electron chi connectivity index (χ1n) is 11.4. The average Bonchev–Trinajstić information content (AvgIpc) is 3.60. The van der Waals surface area contributed by atoms with E-state index < -0.39 is 0 Å². The SMILES string of the molecule is CCCCc1cn(-c2ccc(-c3nnc(-c4cccc(OC5CCCC5)c4)o3)cc2)nn1. The lowest BCUT2D eigenvalue weighted by atomic mass is 10.2. The summed E-state index contributed by atoms with van der Waals surface area (Å²) in [5.74, 6) is 1.82. The van der Waals surface area contributed by atoms with Crippen LogP contribution in [0.15, 0.2) is 59.1 Å². The molecule has 5 rings (SSSR count). The van der Waals surface area contributed by atoms with Gasteiger partial charge >= 0.3 is 0 Å². The molecule has 0 saturated heterocycles. The van der Waals surface area contributed by atoms with Gasteiger partial charge in [0.1, 0.15) is 5.75 Å². The lowest BCUT2D eigenvalue weighted by Crippen LogP contribution is -2.10. The molecule has 1 saturated carbocycles. The van der Waals surface area contributed by atoms with Crippen LogP contribution in [0.3, 0.4) is 0 Å². The van der Waals surface area contributed by atoms with Gasteiger partial charge in [0.2, 0.25) is 11.8 Å². The van der Waals surface area contributed by atoms with E-state index >= 15 is 0 Å². The van der Waals surface area contributed by atoms with Gasteiger partial charge in [-0.05, 0) is 81.0 Å². The molecular formula is C25H27N5O2. The van der Waals surface area contributed by atoms with E-state index in [1.165, 1.54) is 12.8 Å². The zero-order valence-corrected chi connectivity index (χ0v) is 18.3. The van der Waals surface area contributed by atoms with Gasteiger partial charge in [-0.2, -0.15) is 0 Å². The van der Waals surface area contributed by atoms with Crippen molar-refractivity contribution in [2.45, 2.75) is 58.0 Å². The molecule has 0 amide bonds. The van der Waals surface area contributed by atoms with Crippen molar-refractivity contribution >= 4 is 0 Å². The highest BCUT2D eigenvalue weighted by atomic mass is 16.5. The molecule has 2 aromatic heterocycles. The van der Waals surface area contributed by atoms with Crippen LogP contribution in [0, 0.1) is 0 Å². The molecule has 0 spiro atoms. The first kappa shape index (κ1) is 20.4. The second kappa shape index (κ2) is 9.34. The Labute approximate surface area is 187 Å². The van der Waals surface area contributed by atoms with E-state index in [1.54, 1.807) is 4.68 Å². The summed E-state index contributed by atoms with van der Waals surface area (Å²) in [6.45, 7) is 2.17. The number of ether oxygens (including phenoxy) is 1. The highest BCUT2D eigenvalue weighted by molar-refractivity contribution is 5.60. The minimum atomic E-state index is 0.315. The molecule has 4 aromatic rings. The van der Waals surface area contributed by atoms with E-state index in [4.69, 9.17) is 9.15 Å². The summed E-state index contributed by atoms with van der Waals surface area (Å²) in [5.41, 5.74) is 3.67. The fraction of sp³-hybridized carbons (Fsp3) is 0.360. The van der Waals surface area contributed by atoms with E-state index in [2.05, 4.69) is 27.4 Å². The molecule has 32 heavy (non-hydrogen) atoms. The van der Waals surface area contributed by atoms with Crippen LogP contribution in [-0.4, -0.2) is 31.3 Å². The minimum Gasteiger partial charge on any atom is -0.490 e. The zero-order chi connectivity index (χ0) is 21.8. The largest absolute Gasteiger partial charge is 0.490 e. The maximum absolute atomic E-state index is 6.10. The van der Waals surface area contributed by atoms with Gasteiger partial charge in [0, 0.05) is 11.1 Å². The summed E-state index contributed by atoms with van der Waals surface area (Å²) in [6.07, 6.45) is 10.2. The zero-order valence-electron chi connectivity index (χ0n) is 18.3. The van der Waals surface area contributed by atoms with Gasteiger partial charge in [0.15, 0.2) is 0 Å². The maximum atomic E-state index is 6.10. The summed E-state index contributed by atoms with van der Waals surface area (Å²) in [7, 11) is 0. The first-order valence-corrected chi connectivity index (χ1v) is 11.4. The van der Waals surface area contributed by atoms with Crippen molar-refractivity contribution < 1.29 is 9.15 Å². The van der Waals surface area contributed by atoms with Crippen molar-refractivity contribution in [1.82, 2.24) is 25.2 Å². The first-order chi connectivity index (χ1) is 15.8. The molecule has 0 radical (unpaired) electrons. The van der Waals surface area contributed by atoms with Gasteiger partial charge in [0.25, 0.3) is 0 Å². The second-order valence-corrected chi connectivity index (χ2v) is 8.27. The summed E-state index contributed by atoms with van der Waals surface area (Å²) >= 11 is 0. The Bertz CT molecular complexity index is 1160. The monoisotopic (exact) mass is 429 g/mol. The lowest BCUT2D eigenvalue weighted by molar-refractivity contribution is 0.210. The molecule has 1 aliphatic rings. The molecule has 0 unspecified atom stereocenters. The molecule has 0 aliphatic heterocycles.